The predicted octanol–water partition coefficient (Wildman–Crippen LogP) is 2.78. The van der Waals surface area contributed by atoms with Crippen molar-refractivity contribution in [1.82, 2.24) is 10.2 Å². The van der Waals surface area contributed by atoms with Crippen molar-refractivity contribution in [3.8, 4) is 5.75 Å². The molecule has 0 unspecified atom stereocenters. The van der Waals surface area contributed by atoms with Gasteiger partial charge in [-0.1, -0.05) is 18.2 Å². The van der Waals surface area contributed by atoms with Gasteiger partial charge in [0.25, 0.3) is 0 Å². The Kier molecular flexibility index (Phi) is 12.4. The molecule has 0 radical (unpaired) electrons. The number of para-hydroxylation sites is 1. The third-order valence-electron chi connectivity index (χ3n) is 4.18. The van der Waals surface area contributed by atoms with Crippen LogP contribution in [0.4, 0.5) is 0 Å². The van der Waals surface area contributed by atoms with Gasteiger partial charge in [0.05, 0.1) is 13.2 Å². The lowest BCUT2D eigenvalue weighted by Gasteiger charge is -2.34. The normalized spacial score (nSPS) is 15.5. The molecule has 0 bridgehead atoms. The number of likely N-dealkylation sites (tertiary alicyclic amines) is 1. The summed E-state index contributed by atoms with van der Waals surface area (Å²) < 4.78 is 16.5. The number of benzene rings is 1. The summed E-state index contributed by atoms with van der Waals surface area (Å²) in [4.78, 5) is 6.70. The molecular weight excluding hydrogens is 445 g/mol. The molecule has 0 saturated carbocycles. The summed E-state index contributed by atoms with van der Waals surface area (Å²) in [5.74, 6) is 1.92. The van der Waals surface area contributed by atoms with Crippen LogP contribution in [-0.2, 0) is 9.47 Å². The smallest absolute Gasteiger partial charge is 0.193 e. The molecule has 0 aliphatic carbocycles. The van der Waals surface area contributed by atoms with Gasteiger partial charge in [-0.25, -0.2) is 0 Å². The van der Waals surface area contributed by atoms with E-state index in [0.717, 1.165) is 57.2 Å². The summed E-state index contributed by atoms with van der Waals surface area (Å²) in [5, 5.41) is 3.42. The van der Waals surface area contributed by atoms with Crippen LogP contribution in [-0.4, -0.2) is 70.6 Å². The number of methoxy groups -OCH3 is 1. The van der Waals surface area contributed by atoms with Gasteiger partial charge < -0.3 is 24.4 Å². The monoisotopic (exact) mass is 477 g/mol. The van der Waals surface area contributed by atoms with Crippen LogP contribution in [0.5, 0.6) is 5.75 Å². The third-order valence-corrected chi connectivity index (χ3v) is 4.18. The van der Waals surface area contributed by atoms with E-state index in [4.69, 9.17) is 14.2 Å². The topological polar surface area (TPSA) is 55.3 Å². The second-order valence-electron chi connectivity index (χ2n) is 6.05. The number of rotatable bonds is 9. The van der Waals surface area contributed by atoms with E-state index in [1.807, 2.05) is 37.4 Å². The minimum atomic E-state index is 0. The number of aliphatic imine (C=N–C) groups is 1. The van der Waals surface area contributed by atoms with Crippen molar-refractivity contribution in [1.29, 1.82) is 0 Å². The van der Waals surface area contributed by atoms with Crippen LogP contribution in [0.2, 0.25) is 0 Å². The second-order valence-corrected chi connectivity index (χ2v) is 6.05. The highest BCUT2D eigenvalue weighted by molar-refractivity contribution is 14.0. The van der Waals surface area contributed by atoms with E-state index in [-0.39, 0.29) is 30.1 Å². The van der Waals surface area contributed by atoms with E-state index in [9.17, 15) is 0 Å². The molecule has 26 heavy (non-hydrogen) atoms. The van der Waals surface area contributed by atoms with Crippen molar-refractivity contribution in [2.45, 2.75) is 25.4 Å². The van der Waals surface area contributed by atoms with Gasteiger partial charge in [0, 0.05) is 53.2 Å². The van der Waals surface area contributed by atoms with Crippen molar-refractivity contribution in [3.05, 3.63) is 30.3 Å². The molecular formula is C19H32IN3O3. The van der Waals surface area contributed by atoms with Crippen molar-refractivity contribution in [2.24, 2.45) is 4.99 Å². The zero-order chi connectivity index (χ0) is 17.7. The largest absolute Gasteiger partial charge is 0.490 e. The van der Waals surface area contributed by atoms with Gasteiger partial charge in [-0.2, -0.15) is 0 Å². The third kappa shape index (κ3) is 8.55. The van der Waals surface area contributed by atoms with Crippen LogP contribution in [0.3, 0.4) is 0 Å². The van der Waals surface area contributed by atoms with Crippen molar-refractivity contribution >= 4 is 29.9 Å². The number of hydrogen-bond acceptors (Lipinski definition) is 4. The molecule has 1 aromatic carbocycles. The maximum absolute atomic E-state index is 6.05. The summed E-state index contributed by atoms with van der Waals surface area (Å²) in [6.07, 6.45) is 3.26. The Labute approximate surface area is 174 Å². The molecule has 1 heterocycles. The van der Waals surface area contributed by atoms with Gasteiger partial charge in [-0.15, -0.1) is 24.0 Å². The lowest BCUT2D eigenvalue weighted by molar-refractivity contribution is 0.0697. The number of nitrogens with one attached hydrogen (secondary N) is 1. The first-order valence-corrected chi connectivity index (χ1v) is 9.07. The number of piperidine rings is 1. The van der Waals surface area contributed by atoms with Crippen LogP contribution >= 0.6 is 24.0 Å². The molecule has 1 fully saturated rings. The number of guanidine groups is 1. The number of ether oxygens (including phenoxy) is 3. The molecule has 6 nitrogen and oxygen atoms in total. The molecule has 1 aliphatic rings. The van der Waals surface area contributed by atoms with E-state index >= 15 is 0 Å². The molecule has 2 rings (SSSR count). The highest BCUT2D eigenvalue weighted by Crippen LogP contribution is 2.18. The maximum atomic E-state index is 6.05. The first-order chi connectivity index (χ1) is 12.3. The fourth-order valence-electron chi connectivity index (χ4n) is 2.83. The van der Waals surface area contributed by atoms with Gasteiger partial charge in [0.15, 0.2) is 5.96 Å². The number of nitrogens with zero attached hydrogens (tertiary/aromatic N) is 2. The van der Waals surface area contributed by atoms with Crippen LogP contribution in [0.25, 0.3) is 0 Å². The highest BCUT2D eigenvalue weighted by Gasteiger charge is 2.22. The Morgan fingerprint density at radius 1 is 1.15 bits per heavy atom. The molecule has 1 N–H and O–H groups in total. The van der Waals surface area contributed by atoms with Crippen molar-refractivity contribution in [2.75, 3.05) is 53.6 Å². The first-order valence-electron chi connectivity index (χ1n) is 9.07. The molecule has 148 valence electrons. The predicted molar refractivity (Wildman–Crippen MR) is 116 cm³/mol. The number of halogens is 1. The fraction of sp³-hybridized carbons (Fsp3) is 0.632. The van der Waals surface area contributed by atoms with Gasteiger partial charge in [-0.05, 0) is 18.6 Å². The minimum Gasteiger partial charge on any atom is -0.490 e. The Balaban J connectivity index is 0.00000338. The average molecular weight is 477 g/mol. The van der Waals surface area contributed by atoms with Crippen LogP contribution in [0, 0.1) is 0 Å². The minimum absolute atomic E-state index is 0. The maximum Gasteiger partial charge on any atom is 0.193 e. The van der Waals surface area contributed by atoms with Gasteiger partial charge >= 0.3 is 0 Å². The van der Waals surface area contributed by atoms with E-state index in [1.54, 1.807) is 7.11 Å². The molecule has 1 aliphatic heterocycles. The van der Waals surface area contributed by atoms with Gasteiger partial charge in [-0.3, -0.25) is 4.99 Å². The Morgan fingerprint density at radius 3 is 2.54 bits per heavy atom. The summed E-state index contributed by atoms with van der Waals surface area (Å²) >= 11 is 0. The summed E-state index contributed by atoms with van der Waals surface area (Å²) in [7, 11) is 3.52. The second kappa shape index (κ2) is 14.1. The summed E-state index contributed by atoms with van der Waals surface area (Å²) in [6.45, 7) is 4.82. The van der Waals surface area contributed by atoms with E-state index in [2.05, 4.69) is 15.2 Å². The molecule has 0 aromatic heterocycles. The van der Waals surface area contributed by atoms with Crippen LogP contribution in [0.15, 0.2) is 35.3 Å². The molecule has 0 amide bonds. The molecule has 7 heteroatoms. The van der Waals surface area contributed by atoms with Crippen molar-refractivity contribution < 1.29 is 14.2 Å². The quantitative estimate of drug-likeness (QED) is 0.257. The first kappa shape index (κ1) is 23.0. The summed E-state index contributed by atoms with van der Waals surface area (Å²) in [5.41, 5.74) is 0. The Hall–Kier alpha value is -1.06. The standard InChI is InChI=1S/C19H31N3O3.HI/c1-20-19(21-11-6-14-24-16-15-23-2)22-12-9-18(10-13-22)25-17-7-4-3-5-8-17;/h3-5,7-8,18H,6,9-16H2,1-2H3,(H,20,21);1H. The molecule has 1 saturated heterocycles. The zero-order valence-corrected chi connectivity index (χ0v) is 18.2. The lowest BCUT2D eigenvalue weighted by Crippen LogP contribution is -2.47. The Bertz CT molecular complexity index is 494. The zero-order valence-electron chi connectivity index (χ0n) is 15.9. The summed E-state index contributed by atoms with van der Waals surface area (Å²) in [6, 6.07) is 10.1. The molecule has 0 spiro atoms. The molecule has 1 aromatic rings. The van der Waals surface area contributed by atoms with E-state index < -0.39 is 0 Å². The lowest BCUT2D eigenvalue weighted by atomic mass is 10.1. The van der Waals surface area contributed by atoms with E-state index in [1.165, 1.54) is 0 Å². The fourth-order valence-corrected chi connectivity index (χ4v) is 2.83. The SMILES string of the molecule is CN=C(NCCCOCCOC)N1CCC(Oc2ccccc2)CC1.I. The van der Waals surface area contributed by atoms with Crippen LogP contribution in [0.1, 0.15) is 19.3 Å². The molecule has 0 atom stereocenters. The Morgan fingerprint density at radius 2 is 1.88 bits per heavy atom. The van der Waals surface area contributed by atoms with Crippen LogP contribution < -0.4 is 10.1 Å². The average Bonchev–Trinajstić information content (AvgIpc) is 2.66. The van der Waals surface area contributed by atoms with Gasteiger partial charge in [0.2, 0.25) is 0 Å². The van der Waals surface area contributed by atoms with E-state index in [0.29, 0.717) is 13.2 Å². The van der Waals surface area contributed by atoms with Gasteiger partial charge in [0.1, 0.15) is 11.9 Å². The number of hydrogen-bond donors (Lipinski definition) is 1. The van der Waals surface area contributed by atoms with Crippen molar-refractivity contribution in [3.63, 3.8) is 0 Å². The highest BCUT2D eigenvalue weighted by atomic mass is 127.